The van der Waals surface area contributed by atoms with Crippen molar-refractivity contribution in [3.8, 4) is 0 Å². The Morgan fingerprint density at radius 2 is 2.11 bits per heavy atom. The van der Waals surface area contributed by atoms with Crippen LogP contribution >= 0.6 is 11.6 Å². The van der Waals surface area contributed by atoms with Gasteiger partial charge in [0.25, 0.3) is 0 Å². The minimum absolute atomic E-state index is 0.166. The molecule has 0 aliphatic rings. The summed E-state index contributed by atoms with van der Waals surface area (Å²) in [7, 11) is 0. The van der Waals surface area contributed by atoms with Crippen molar-refractivity contribution in [2.24, 2.45) is 0 Å². The number of hydrogen-bond donors (Lipinski definition) is 1. The Hall–Kier alpha value is -1.39. The predicted octanol–water partition coefficient (Wildman–Crippen LogP) is 3.12. The molecule has 0 saturated carbocycles. The van der Waals surface area contributed by atoms with Crippen molar-refractivity contribution in [2.75, 3.05) is 18.5 Å². The van der Waals surface area contributed by atoms with Gasteiger partial charge in [-0.15, -0.1) is 0 Å². The number of ether oxygens (including phenoxy) is 1. The number of halogens is 1. The molecule has 1 aromatic carbocycles. The molecule has 1 aromatic heterocycles. The fourth-order valence-electron chi connectivity index (χ4n) is 1.73. The molecule has 18 heavy (non-hydrogen) atoms. The zero-order valence-corrected chi connectivity index (χ0v) is 11.2. The van der Waals surface area contributed by atoms with Crippen LogP contribution in [-0.2, 0) is 4.74 Å². The molecule has 2 aromatic rings. The van der Waals surface area contributed by atoms with Crippen LogP contribution in [0, 0.1) is 0 Å². The normalized spacial score (nSPS) is 12.6. The van der Waals surface area contributed by atoms with Gasteiger partial charge in [-0.2, -0.15) is 0 Å². The highest BCUT2D eigenvalue weighted by Gasteiger charge is 2.09. The number of benzene rings is 1. The summed E-state index contributed by atoms with van der Waals surface area (Å²) >= 11 is 5.92. The van der Waals surface area contributed by atoms with Gasteiger partial charge in [-0.25, -0.2) is 9.97 Å². The molecule has 4 nitrogen and oxygen atoms in total. The van der Waals surface area contributed by atoms with E-state index < -0.39 is 0 Å². The van der Waals surface area contributed by atoms with Crippen molar-refractivity contribution in [1.29, 1.82) is 0 Å². The first-order valence-corrected chi connectivity index (χ1v) is 6.35. The van der Waals surface area contributed by atoms with Gasteiger partial charge < -0.3 is 10.1 Å². The van der Waals surface area contributed by atoms with E-state index in [1.165, 1.54) is 0 Å². The van der Waals surface area contributed by atoms with E-state index in [-0.39, 0.29) is 11.3 Å². The van der Waals surface area contributed by atoms with E-state index in [4.69, 9.17) is 16.3 Å². The van der Waals surface area contributed by atoms with Crippen LogP contribution in [0.15, 0.2) is 24.3 Å². The van der Waals surface area contributed by atoms with Crippen molar-refractivity contribution in [1.82, 2.24) is 9.97 Å². The van der Waals surface area contributed by atoms with Gasteiger partial charge in [0.15, 0.2) is 0 Å². The topological polar surface area (TPSA) is 47.0 Å². The van der Waals surface area contributed by atoms with Crippen LogP contribution < -0.4 is 5.32 Å². The van der Waals surface area contributed by atoms with Crippen LogP contribution in [0.5, 0.6) is 0 Å². The zero-order valence-electron chi connectivity index (χ0n) is 10.5. The number of anilines is 1. The minimum atomic E-state index is 0.166. The molecule has 0 radical (unpaired) electrons. The van der Waals surface area contributed by atoms with Gasteiger partial charge in [-0.3, -0.25) is 0 Å². The Bertz CT molecular complexity index is 533. The fraction of sp³-hybridized carbons (Fsp3) is 0.385. The molecular weight excluding hydrogens is 250 g/mol. The first-order valence-electron chi connectivity index (χ1n) is 5.97. The third-order valence-electron chi connectivity index (χ3n) is 2.53. The first kappa shape index (κ1) is 13.1. The van der Waals surface area contributed by atoms with Crippen LogP contribution in [0.25, 0.3) is 10.9 Å². The largest absolute Gasteiger partial charge is 0.380 e. The van der Waals surface area contributed by atoms with Gasteiger partial charge >= 0.3 is 0 Å². The molecule has 0 amide bonds. The van der Waals surface area contributed by atoms with Crippen molar-refractivity contribution < 1.29 is 4.74 Å². The lowest BCUT2D eigenvalue weighted by atomic mass is 10.2. The molecule has 1 heterocycles. The van der Waals surface area contributed by atoms with Gasteiger partial charge in [-0.1, -0.05) is 12.1 Å². The van der Waals surface area contributed by atoms with E-state index in [2.05, 4.69) is 15.3 Å². The summed E-state index contributed by atoms with van der Waals surface area (Å²) in [6.45, 7) is 5.36. The average Bonchev–Trinajstić information content (AvgIpc) is 2.36. The molecule has 1 N–H and O–H groups in total. The number of nitrogens with one attached hydrogen (secondary N) is 1. The molecule has 0 saturated heterocycles. The smallest absolute Gasteiger partial charge is 0.224 e. The summed E-state index contributed by atoms with van der Waals surface area (Å²) in [6, 6.07) is 7.94. The molecule has 96 valence electrons. The highest BCUT2D eigenvalue weighted by atomic mass is 35.5. The zero-order chi connectivity index (χ0) is 13.0. The maximum absolute atomic E-state index is 5.92. The third-order valence-corrected chi connectivity index (χ3v) is 2.70. The van der Waals surface area contributed by atoms with Crippen LogP contribution in [-0.4, -0.2) is 29.2 Å². The molecule has 0 fully saturated rings. The van der Waals surface area contributed by atoms with Crippen LogP contribution in [0.2, 0.25) is 5.28 Å². The van der Waals surface area contributed by atoms with Crippen molar-refractivity contribution >= 4 is 28.3 Å². The van der Waals surface area contributed by atoms with Crippen LogP contribution in [0.1, 0.15) is 13.8 Å². The second-order valence-corrected chi connectivity index (χ2v) is 4.40. The second-order valence-electron chi connectivity index (χ2n) is 4.06. The number of hydrogen-bond acceptors (Lipinski definition) is 4. The van der Waals surface area contributed by atoms with Crippen molar-refractivity contribution in [3.05, 3.63) is 29.5 Å². The van der Waals surface area contributed by atoms with E-state index >= 15 is 0 Å². The Kier molecular flexibility index (Phi) is 4.33. The molecule has 2 rings (SSSR count). The number of aromatic nitrogens is 2. The molecule has 0 spiro atoms. The molecule has 1 atom stereocenters. The molecule has 0 aliphatic carbocycles. The monoisotopic (exact) mass is 265 g/mol. The van der Waals surface area contributed by atoms with E-state index in [1.807, 2.05) is 38.1 Å². The van der Waals surface area contributed by atoms with Gasteiger partial charge in [-0.05, 0) is 37.6 Å². The molecule has 0 bridgehead atoms. The van der Waals surface area contributed by atoms with Crippen LogP contribution in [0.3, 0.4) is 0 Å². The number of para-hydroxylation sites is 1. The molecule has 1 unspecified atom stereocenters. The highest BCUT2D eigenvalue weighted by Crippen LogP contribution is 2.22. The van der Waals surface area contributed by atoms with Gasteiger partial charge in [0.05, 0.1) is 12.1 Å². The second kappa shape index (κ2) is 5.98. The summed E-state index contributed by atoms with van der Waals surface area (Å²) in [4.78, 5) is 8.43. The van der Waals surface area contributed by atoms with Crippen molar-refractivity contribution in [3.63, 3.8) is 0 Å². The SMILES string of the molecule is CCOCC(C)Nc1nc(Cl)nc2ccccc12. The van der Waals surface area contributed by atoms with Gasteiger partial charge in [0.1, 0.15) is 5.82 Å². The number of fused-ring (bicyclic) bond motifs is 1. The summed E-state index contributed by atoms with van der Waals surface area (Å²) in [5.41, 5.74) is 0.837. The highest BCUT2D eigenvalue weighted by molar-refractivity contribution is 6.28. The summed E-state index contributed by atoms with van der Waals surface area (Å²) in [5.74, 6) is 0.748. The lowest BCUT2D eigenvalue weighted by Crippen LogP contribution is -2.22. The molecule has 0 aliphatic heterocycles. The standard InChI is InChI=1S/C13H16ClN3O/c1-3-18-8-9(2)15-12-10-6-4-5-7-11(10)16-13(14)17-12/h4-7,9H,3,8H2,1-2H3,(H,15,16,17). The quantitative estimate of drug-likeness (QED) is 0.844. The number of nitrogens with zero attached hydrogens (tertiary/aromatic N) is 2. The van der Waals surface area contributed by atoms with E-state index in [1.54, 1.807) is 0 Å². The summed E-state index contributed by atoms with van der Waals surface area (Å²) in [5, 5.41) is 4.51. The fourth-order valence-corrected chi connectivity index (χ4v) is 1.90. The summed E-state index contributed by atoms with van der Waals surface area (Å²) in [6.07, 6.45) is 0. The average molecular weight is 266 g/mol. The van der Waals surface area contributed by atoms with Gasteiger partial charge in [0, 0.05) is 18.0 Å². The van der Waals surface area contributed by atoms with Crippen LogP contribution in [0.4, 0.5) is 5.82 Å². The van der Waals surface area contributed by atoms with E-state index in [9.17, 15) is 0 Å². The van der Waals surface area contributed by atoms with E-state index in [0.29, 0.717) is 13.2 Å². The lowest BCUT2D eigenvalue weighted by molar-refractivity contribution is 0.141. The Morgan fingerprint density at radius 1 is 1.33 bits per heavy atom. The maximum atomic E-state index is 5.92. The molecule has 5 heteroatoms. The summed E-state index contributed by atoms with van der Waals surface area (Å²) < 4.78 is 5.37. The lowest BCUT2D eigenvalue weighted by Gasteiger charge is -2.15. The third kappa shape index (κ3) is 3.09. The first-order chi connectivity index (χ1) is 8.70. The van der Waals surface area contributed by atoms with E-state index in [0.717, 1.165) is 16.7 Å². The number of rotatable bonds is 5. The van der Waals surface area contributed by atoms with Gasteiger partial charge in [0.2, 0.25) is 5.28 Å². The molecular formula is C13H16ClN3O. The minimum Gasteiger partial charge on any atom is -0.380 e. The Balaban J connectivity index is 2.26. The Morgan fingerprint density at radius 3 is 2.89 bits per heavy atom. The predicted molar refractivity (Wildman–Crippen MR) is 74.1 cm³/mol. The Labute approximate surface area is 111 Å². The maximum Gasteiger partial charge on any atom is 0.224 e. The van der Waals surface area contributed by atoms with Crippen molar-refractivity contribution in [2.45, 2.75) is 19.9 Å².